The molecule has 5 N–H and O–H groups in total. The molecule has 3 saturated carbocycles. The minimum atomic E-state index is -5.15. The first-order valence-corrected chi connectivity index (χ1v) is 13.7. The van der Waals surface area contributed by atoms with Crippen LogP contribution in [0.3, 0.4) is 0 Å². The van der Waals surface area contributed by atoms with Crippen LogP contribution in [-0.2, 0) is 24.0 Å². The van der Waals surface area contributed by atoms with Gasteiger partial charge in [0.05, 0.1) is 0 Å². The fraction of sp³-hybridized carbons (Fsp3) is 0.808. The van der Waals surface area contributed by atoms with Gasteiger partial charge in [0.25, 0.3) is 0 Å². The van der Waals surface area contributed by atoms with E-state index in [9.17, 15) is 37.1 Å². The van der Waals surface area contributed by atoms with E-state index in [2.05, 4.69) is 10.6 Å². The van der Waals surface area contributed by atoms with Crippen molar-refractivity contribution in [2.24, 2.45) is 40.2 Å². The summed E-state index contributed by atoms with van der Waals surface area (Å²) in [6.07, 6.45) is -0.584. The Morgan fingerprint density at radius 2 is 1.82 bits per heavy atom. The fourth-order valence-electron chi connectivity index (χ4n) is 7.63. The van der Waals surface area contributed by atoms with Gasteiger partial charge in [0.1, 0.15) is 18.1 Å². The summed E-state index contributed by atoms with van der Waals surface area (Å²) in [5, 5.41) is 7.23. The lowest BCUT2D eigenvalue weighted by Gasteiger charge is -2.56. The average molecular weight is 556 g/mol. The van der Waals surface area contributed by atoms with Crippen molar-refractivity contribution < 1.29 is 37.1 Å². The highest BCUT2D eigenvalue weighted by Crippen LogP contribution is 2.65. The molecule has 5 aliphatic rings. The molecule has 1 unspecified atom stereocenters. The van der Waals surface area contributed by atoms with E-state index in [1.807, 2.05) is 19.2 Å². The molecular weight excluding hydrogens is 519 g/mol. The van der Waals surface area contributed by atoms with Crippen LogP contribution in [0.5, 0.6) is 0 Å². The number of nitrogens with zero attached hydrogens (tertiary/aromatic N) is 1. The Labute approximate surface area is 224 Å². The molecule has 2 aliphatic heterocycles. The van der Waals surface area contributed by atoms with E-state index >= 15 is 0 Å². The second kappa shape index (κ2) is 9.36. The predicted octanol–water partition coefficient (Wildman–Crippen LogP) is 0.593. The highest BCUT2D eigenvalue weighted by molar-refractivity contribution is 5.96. The summed E-state index contributed by atoms with van der Waals surface area (Å²) in [7, 11) is 0. The summed E-state index contributed by atoms with van der Waals surface area (Å²) in [6.45, 7) is 4.53. The molecule has 0 aromatic rings. The number of primary amides is 1. The van der Waals surface area contributed by atoms with E-state index in [0.717, 1.165) is 19.3 Å². The monoisotopic (exact) mass is 555 g/mol. The summed E-state index contributed by atoms with van der Waals surface area (Å²) < 4.78 is 39.5. The molecule has 1 spiro atoms. The molecule has 2 heterocycles. The van der Waals surface area contributed by atoms with Gasteiger partial charge >= 0.3 is 12.1 Å². The van der Waals surface area contributed by atoms with Gasteiger partial charge in [-0.3, -0.25) is 24.0 Å². The number of halogens is 3. The summed E-state index contributed by atoms with van der Waals surface area (Å²) in [6, 6.07) is -3.56. The zero-order valence-corrected chi connectivity index (χ0v) is 22.1. The number of amides is 5. The van der Waals surface area contributed by atoms with Crippen molar-refractivity contribution in [3.8, 4) is 0 Å². The van der Waals surface area contributed by atoms with Crippen LogP contribution in [0.2, 0.25) is 0 Å². The molecule has 10 nitrogen and oxygen atoms in total. The molecular formula is C26H36F3N5O5. The number of nitrogens with one attached hydrogen (secondary N) is 3. The first-order chi connectivity index (χ1) is 18.1. The molecule has 5 fully saturated rings. The standard InChI is InChI=1S/C26H36F3N5O5/c1-24(2)14-11-34(18(16(14)24)21(37)32-15(19(30)35)8-12-4-7-31-20(12)36)22(38)17(33-23(39)26(27,28)29)13-9-25(10-13)5-3-6-25/h12-18H,3-11H2,1-2H3,(H2,30,35)(H,31,36)(H,32,37)(H,33,39)/t12-,14-,15-,16-,17?,18-/m0/s1. The van der Waals surface area contributed by atoms with E-state index in [4.69, 9.17) is 5.73 Å². The first-order valence-electron chi connectivity index (χ1n) is 13.7. The number of hydrogen-bond acceptors (Lipinski definition) is 5. The number of carbonyl (C=O) groups is 5. The molecule has 13 heteroatoms. The number of piperidine rings is 1. The van der Waals surface area contributed by atoms with Gasteiger partial charge in [0, 0.05) is 19.0 Å². The fourth-order valence-corrected chi connectivity index (χ4v) is 7.63. The molecule has 3 aliphatic carbocycles. The Bertz CT molecular complexity index is 1080. The van der Waals surface area contributed by atoms with Crippen LogP contribution in [0.1, 0.15) is 58.8 Å². The average Bonchev–Trinajstić information content (AvgIpc) is 3.14. The zero-order valence-electron chi connectivity index (χ0n) is 22.1. The van der Waals surface area contributed by atoms with Gasteiger partial charge in [-0.05, 0) is 67.1 Å². The van der Waals surface area contributed by atoms with Crippen molar-refractivity contribution in [3.63, 3.8) is 0 Å². The summed E-state index contributed by atoms with van der Waals surface area (Å²) in [5.74, 6) is -5.82. The Morgan fingerprint density at radius 3 is 2.33 bits per heavy atom. The molecule has 216 valence electrons. The van der Waals surface area contributed by atoms with Crippen molar-refractivity contribution in [3.05, 3.63) is 0 Å². The third kappa shape index (κ3) is 4.86. The van der Waals surface area contributed by atoms with Gasteiger partial charge < -0.3 is 26.6 Å². The van der Waals surface area contributed by atoms with E-state index in [0.29, 0.717) is 25.8 Å². The Kier molecular flexibility index (Phi) is 6.65. The Morgan fingerprint density at radius 1 is 1.15 bits per heavy atom. The lowest BCUT2D eigenvalue weighted by molar-refractivity contribution is -0.177. The van der Waals surface area contributed by atoms with Crippen molar-refractivity contribution in [2.45, 2.75) is 83.1 Å². The smallest absolute Gasteiger partial charge is 0.368 e. The maximum Gasteiger partial charge on any atom is 0.471 e. The van der Waals surface area contributed by atoms with Crippen LogP contribution in [0, 0.1) is 34.5 Å². The van der Waals surface area contributed by atoms with E-state index in [1.165, 1.54) is 4.90 Å². The molecule has 39 heavy (non-hydrogen) atoms. The van der Waals surface area contributed by atoms with Gasteiger partial charge in [0.15, 0.2) is 0 Å². The summed E-state index contributed by atoms with van der Waals surface area (Å²) in [4.78, 5) is 64.8. The highest BCUT2D eigenvalue weighted by Gasteiger charge is 2.70. The number of rotatable bonds is 8. The molecule has 6 atom stereocenters. The normalized spacial score (nSPS) is 33.2. The molecule has 0 aromatic heterocycles. The maximum atomic E-state index is 13.8. The highest BCUT2D eigenvalue weighted by atomic mass is 19.4. The third-order valence-electron chi connectivity index (χ3n) is 10.2. The SMILES string of the molecule is CC1(C)[C@@H]2[C@@H](C(=O)N[C@@H](C[C@@H]3CCNC3=O)C(N)=O)N(C(=O)C(NC(=O)C(F)(F)F)C3CC4(CCC4)C3)C[C@@H]21. The van der Waals surface area contributed by atoms with Crippen LogP contribution in [-0.4, -0.2) is 71.8 Å². The minimum absolute atomic E-state index is 0.0134. The molecule has 0 bridgehead atoms. The van der Waals surface area contributed by atoms with Crippen LogP contribution in [0.4, 0.5) is 13.2 Å². The number of alkyl halides is 3. The van der Waals surface area contributed by atoms with E-state index in [-0.39, 0.29) is 41.5 Å². The molecule has 5 amide bonds. The zero-order chi connectivity index (χ0) is 28.5. The largest absolute Gasteiger partial charge is 0.471 e. The van der Waals surface area contributed by atoms with Crippen LogP contribution >= 0.6 is 0 Å². The van der Waals surface area contributed by atoms with Crippen molar-refractivity contribution in [1.82, 2.24) is 20.9 Å². The lowest BCUT2D eigenvalue weighted by atomic mass is 9.50. The summed E-state index contributed by atoms with van der Waals surface area (Å²) in [5.41, 5.74) is 5.29. The van der Waals surface area contributed by atoms with Crippen molar-refractivity contribution in [2.75, 3.05) is 13.1 Å². The van der Waals surface area contributed by atoms with Gasteiger partial charge in [-0.15, -0.1) is 0 Å². The predicted molar refractivity (Wildman–Crippen MR) is 130 cm³/mol. The van der Waals surface area contributed by atoms with Gasteiger partial charge in [0.2, 0.25) is 23.6 Å². The van der Waals surface area contributed by atoms with Crippen LogP contribution in [0.25, 0.3) is 0 Å². The van der Waals surface area contributed by atoms with E-state index < -0.39 is 59.8 Å². The quantitative estimate of drug-likeness (QED) is 0.346. The molecule has 0 aromatic carbocycles. The number of likely N-dealkylation sites (tertiary alicyclic amines) is 1. The second-order valence-corrected chi connectivity index (χ2v) is 12.8. The van der Waals surface area contributed by atoms with Gasteiger partial charge in [-0.2, -0.15) is 13.2 Å². The Balaban J connectivity index is 1.35. The molecule has 2 saturated heterocycles. The number of hydrogen-bond donors (Lipinski definition) is 4. The van der Waals surface area contributed by atoms with Crippen LogP contribution in [0.15, 0.2) is 0 Å². The third-order valence-corrected chi connectivity index (χ3v) is 10.2. The van der Waals surface area contributed by atoms with E-state index in [1.54, 1.807) is 0 Å². The molecule has 0 radical (unpaired) electrons. The summed E-state index contributed by atoms with van der Waals surface area (Å²) >= 11 is 0. The van der Waals surface area contributed by atoms with Crippen molar-refractivity contribution >= 4 is 29.5 Å². The van der Waals surface area contributed by atoms with Gasteiger partial charge in [-0.1, -0.05) is 20.3 Å². The van der Waals surface area contributed by atoms with Crippen molar-refractivity contribution in [1.29, 1.82) is 0 Å². The number of carbonyl (C=O) groups excluding carboxylic acids is 5. The van der Waals surface area contributed by atoms with Gasteiger partial charge in [-0.25, -0.2) is 0 Å². The number of nitrogens with two attached hydrogens (primary N) is 1. The van der Waals surface area contributed by atoms with Crippen LogP contribution < -0.4 is 21.7 Å². The lowest BCUT2D eigenvalue weighted by Crippen LogP contribution is -2.63. The molecule has 5 rings (SSSR count). The maximum absolute atomic E-state index is 13.8. The first kappa shape index (κ1) is 27.7. The minimum Gasteiger partial charge on any atom is -0.368 e. The number of fused-ring (bicyclic) bond motifs is 1. The second-order valence-electron chi connectivity index (χ2n) is 12.8. The topological polar surface area (TPSA) is 151 Å². The Hall–Kier alpha value is -2.86.